The van der Waals surface area contributed by atoms with E-state index in [2.05, 4.69) is 9.97 Å². The molecule has 5 nitrogen and oxygen atoms in total. The zero-order valence-corrected chi connectivity index (χ0v) is 15.8. The minimum absolute atomic E-state index is 0.0336. The molecule has 140 valence electrons. The van der Waals surface area contributed by atoms with Crippen molar-refractivity contribution < 1.29 is 13.6 Å². The second-order valence-corrected chi connectivity index (χ2v) is 7.68. The number of rotatable bonds is 4. The molecule has 1 aromatic carbocycles. The van der Waals surface area contributed by atoms with Crippen molar-refractivity contribution in [3.63, 3.8) is 0 Å². The molecule has 1 aliphatic rings. The van der Waals surface area contributed by atoms with Crippen molar-refractivity contribution in [1.29, 1.82) is 0 Å². The van der Waals surface area contributed by atoms with Crippen LogP contribution in [0.5, 0.6) is 0 Å². The van der Waals surface area contributed by atoms with Gasteiger partial charge in [0.15, 0.2) is 5.89 Å². The SMILES string of the molecule is Cc1ncsc1C(=O)N1CCCC(c2ncc(Cc3cccc(F)c3)o2)C1. The van der Waals surface area contributed by atoms with Crippen LogP contribution in [0.4, 0.5) is 4.39 Å². The summed E-state index contributed by atoms with van der Waals surface area (Å²) >= 11 is 1.38. The Hall–Kier alpha value is -2.54. The maximum absolute atomic E-state index is 13.3. The summed E-state index contributed by atoms with van der Waals surface area (Å²) in [4.78, 5) is 23.9. The largest absolute Gasteiger partial charge is 0.445 e. The van der Waals surface area contributed by atoms with Gasteiger partial charge in [0.25, 0.3) is 5.91 Å². The lowest BCUT2D eigenvalue weighted by molar-refractivity contribution is 0.0702. The number of oxazole rings is 1. The summed E-state index contributed by atoms with van der Waals surface area (Å²) in [7, 11) is 0. The predicted molar refractivity (Wildman–Crippen MR) is 100 cm³/mol. The lowest BCUT2D eigenvalue weighted by Crippen LogP contribution is -2.39. The van der Waals surface area contributed by atoms with Crippen LogP contribution in [0.3, 0.4) is 0 Å². The van der Waals surface area contributed by atoms with Crippen LogP contribution in [0.1, 0.15) is 51.3 Å². The smallest absolute Gasteiger partial charge is 0.265 e. The molecule has 7 heteroatoms. The Morgan fingerprint density at radius 3 is 3.07 bits per heavy atom. The van der Waals surface area contributed by atoms with Crippen molar-refractivity contribution in [3.05, 3.63) is 69.6 Å². The van der Waals surface area contributed by atoms with Gasteiger partial charge in [-0.25, -0.2) is 14.4 Å². The molecule has 2 aromatic heterocycles. The molecule has 0 radical (unpaired) electrons. The molecule has 0 aliphatic carbocycles. The van der Waals surface area contributed by atoms with Gasteiger partial charge in [-0.1, -0.05) is 12.1 Å². The predicted octanol–water partition coefficient (Wildman–Crippen LogP) is 4.19. The van der Waals surface area contributed by atoms with E-state index in [9.17, 15) is 9.18 Å². The van der Waals surface area contributed by atoms with Crippen molar-refractivity contribution in [1.82, 2.24) is 14.9 Å². The van der Waals surface area contributed by atoms with E-state index < -0.39 is 0 Å². The summed E-state index contributed by atoms with van der Waals surface area (Å²) < 4.78 is 19.3. The van der Waals surface area contributed by atoms with Gasteiger partial charge < -0.3 is 9.32 Å². The summed E-state index contributed by atoms with van der Waals surface area (Å²) in [6, 6.07) is 6.48. The number of benzene rings is 1. The molecule has 1 saturated heterocycles. The second-order valence-electron chi connectivity index (χ2n) is 6.83. The first-order chi connectivity index (χ1) is 13.1. The maximum Gasteiger partial charge on any atom is 0.265 e. The molecule has 0 N–H and O–H groups in total. The monoisotopic (exact) mass is 385 g/mol. The molecule has 0 saturated carbocycles. The second kappa shape index (κ2) is 7.60. The van der Waals surface area contributed by atoms with Gasteiger partial charge >= 0.3 is 0 Å². The molecule has 3 aromatic rings. The average molecular weight is 385 g/mol. The van der Waals surface area contributed by atoms with Crippen molar-refractivity contribution >= 4 is 17.2 Å². The number of amides is 1. The summed E-state index contributed by atoms with van der Waals surface area (Å²) in [5.41, 5.74) is 3.33. The van der Waals surface area contributed by atoms with Crippen LogP contribution in [0.25, 0.3) is 0 Å². The van der Waals surface area contributed by atoms with Crippen LogP contribution in [0.2, 0.25) is 0 Å². The maximum atomic E-state index is 13.3. The highest BCUT2D eigenvalue weighted by Gasteiger charge is 2.29. The van der Waals surface area contributed by atoms with Gasteiger partial charge in [0.1, 0.15) is 16.5 Å². The molecular weight excluding hydrogens is 365 g/mol. The zero-order chi connectivity index (χ0) is 18.8. The van der Waals surface area contributed by atoms with Crippen LogP contribution in [0.15, 0.2) is 40.4 Å². The van der Waals surface area contributed by atoms with E-state index in [1.54, 1.807) is 17.8 Å². The first-order valence-corrected chi connectivity index (χ1v) is 9.86. The fraction of sp³-hybridized carbons (Fsp3) is 0.350. The Kier molecular flexibility index (Phi) is 5.03. The molecule has 27 heavy (non-hydrogen) atoms. The molecule has 1 fully saturated rings. The van der Waals surface area contributed by atoms with E-state index >= 15 is 0 Å². The number of likely N-dealkylation sites (tertiary alicyclic amines) is 1. The topological polar surface area (TPSA) is 59.2 Å². The van der Waals surface area contributed by atoms with Crippen molar-refractivity contribution in [2.75, 3.05) is 13.1 Å². The molecule has 1 amide bonds. The lowest BCUT2D eigenvalue weighted by Gasteiger charge is -2.31. The Labute approximate surface area is 160 Å². The number of carbonyl (C=O) groups excluding carboxylic acids is 1. The first kappa shape index (κ1) is 17.9. The summed E-state index contributed by atoms with van der Waals surface area (Å²) in [6.07, 6.45) is 4.05. The minimum atomic E-state index is -0.257. The quantitative estimate of drug-likeness (QED) is 0.676. The molecule has 0 spiro atoms. The standard InChI is InChI=1S/C20H20FN3O2S/c1-13-18(27-12-23-13)20(25)24-7-3-5-15(11-24)19-22-10-17(26-19)9-14-4-2-6-16(21)8-14/h2,4,6,8,10,12,15H,3,5,7,9,11H2,1H3. The summed E-state index contributed by atoms with van der Waals surface area (Å²) in [5.74, 6) is 1.22. The Bertz CT molecular complexity index is 952. The Balaban J connectivity index is 1.45. The molecule has 1 aliphatic heterocycles. The van der Waals surface area contributed by atoms with E-state index in [0.717, 1.165) is 30.6 Å². The third-order valence-corrected chi connectivity index (χ3v) is 5.75. The van der Waals surface area contributed by atoms with E-state index in [4.69, 9.17) is 4.42 Å². The van der Waals surface area contributed by atoms with Crippen molar-refractivity contribution in [2.24, 2.45) is 0 Å². The minimum Gasteiger partial charge on any atom is -0.445 e. The number of thiazole rings is 1. The molecule has 0 bridgehead atoms. The van der Waals surface area contributed by atoms with Crippen LogP contribution < -0.4 is 0 Å². The highest BCUT2D eigenvalue weighted by Crippen LogP contribution is 2.29. The highest BCUT2D eigenvalue weighted by molar-refractivity contribution is 7.11. The van der Waals surface area contributed by atoms with Gasteiger partial charge in [-0.05, 0) is 37.5 Å². The number of nitrogens with zero attached hydrogens (tertiary/aromatic N) is 3. The van der Waals surface area contributed by atoms with E-state index in [1.807, 2.05) is 17.9 Å². The van der Waals surface area contributed by atoms with Gasteiger partial charge in [-0.15, -0.1) is 11.3 Å². The zero-order valence-electron chi connectivity index (χ0n) is 15.0. The van der Waals surface area contributed by atoms with Gasteiger partial charge in [0.05, 0.1) is 23.3 Å². The average Bonchev–Trinajstić information content (AvgIpc) is 3.30. The van der Waals surface area contributed by atoms with Crippen LogP contribution in [0, 0.1) is 12.7 Å². The fourth-order valence-corrected chi connectivity index (χ4v) is 4.22. The van der Waals surface area contributed by atoms with Crippen LogP contribution >= 0.6 is 11.3 Å². The van der Waals surface area contributed by atoms with Crippen LogP contribution in [-0.2, 0) is 6.42 Å². The third kappa shape index (κ3) is 3.93. The number of aromatic nitrogens is 2. The van der Waals surface area contributed by atoms with E-state index in [-0.39, 0.29) is 17.6 Å². The van der Waals surface area contributed by atoms with Crippen molar-refractivity contribution in [2.45, 2.75) is 32.1 Å². The first-order valence-electron chi connectivity index (χ1n) is 8.98. The number of halogens is 1. The van der Waals surface area contributed by atoms with Gasteiger partial charge in [-0.2, -0.15) is 0 Å². The fourth-order valence-electron chi connectivity index (χ4n) is 3.46. The molecular formula is C20H20FN3O2S. The molecule has 3 heterocycles. The number of hydrogen-bond donors (Lipinski definition) is 0. The van der Waals surface area contributed by atoms with Gasteiger partial charge in [-0.3, -0.25) is 4.79 Å². The van der Waals surface area contributed by atoms with E-state index in [1.165, 1.54) is 23.5 Å². The Morgan fingerprint density at radius 2 is 2.30 bits per heavy atom. The Morgan fingerprint density at radius 1 is 1.41 bits per heavy atom. The highest BCUT2D eigenvalue weighted by atomic mass is 32.1. The van der Waals surface area contributed by atoms with Crippen molar-refractivity contribution in [3.8, 4) is 0 Å². The van der Waals surface area contributed by atoms with Gasteiger partial charge in [0.2, 0.25) is 0 Å². The summed E-state index contributed by atoms with van der Waals surface area (Å²) in [5, 5.41) is 0. The molecule has 1 atom stereocenters. The number of hydrogen-bond acceptors (Lipinski definition) is 5. The summed E-state index contributed by atoms with van der Waals surface area (Å²) in [6.45, 7) is 3.19. The lowest BCUT2D eigenvalue weighted by atomic mass is 9.98. The number of carbonyl (C=O) groups is 1. The van der Waals surface area contributed by atoms with Gasteiger partial charge in [0, 0.05) is 19.5 Å². The normalized spacial score (nSPS) is 17.3. The number of aryl methyl sites for hydroxylation is 1. The molecule has 1 unspecified atom stereocenters. The molecule has 4 rings (SSSR count). The van der Waals surface area contributed by atoms with E-state index in [0.29, 0.717) is 29.5 Å². The third-order valence-electron chi connectivity index (χ3n) is 4.84. The van der Waals surface area contributed by atoms with Crippen LogP contribution in [-0.4, -0.2) is 33.9 Å². The number of piperidine rings is 1.